The molecule has 1 aliphatic heterocycles. The molecule has 0 saturated carbocycles. The fraction of sp³-hybridized carbons (Fsp3) is 0.800. The average molecular weight is 152 g/mol. The number of rotatable bonds is 0. The molecule has 0 amide bonds. The number of nitrogens with zero attached hydrogens (tertiary/aromatic N) is 1. The molecule has 0 aromatic rings. The monoisotopic (exact) mass is 152 g/mol. The first kappa shape index (κ1) is 7.37. The van der Waals surface area contributed by atoms with Gasteiger partial charge in [-0.2, -0.15) is 5.12 Å². The highest BCUT2D eigenvalue weighted by molar-refractivity contribution is 5.78. The fourth-order valence-electron chi connectivity index (χ4n) is 0.800. The third kappa shape index (κ3) is 1.40. The summed E-state index contributed by atoms with van der Waals surface area (Å²) in [6.07, 6.45) is -0.588. The standard InChI is InChI=1S/C5H7F3N2/c6-5(7)2-1-4(9)10(8)3-5/h9H,1-3H2. The van der Waals surface area contributed by atoms with E-state index in [9.17, 15) is 13.3 Å². The molecule has 1 fully saturated rings. The summed E-state index contributed by atoms with van der Waals surface area (Å²) in [5.41, 5.74) is 0. The van der Waals surface area contributed by atoms with E-state index in [1.807, 2.05) is 0 Å². The van der Waals surface area contributed by atoms with Crippen LogP contribution in [0, 0.1) is 5.41 Å². The summed E-state index contributed by atoms with van der Waals surface area (Å²) < 4.78 is 36.7. The molecule has 58 valence electrons. The molecule has 0 aromatic carbocycles. The molecule has 0 bridgehead atoms. The zero-order valence-corrected chi connectivity index (χ0v) is 5.20. The van der Waals surface area contributed by atoms with Crippen molar-refractivity contribution in [3.05, 3.63) is 0 Å². The van der Waals surface area contributed by atoms with Crippen LogP contribution in [-0.4, -0.2) is 23.4 Å². The predicted octanol–water partition coefficient (Wildman–Crippen LogP) is 1.58. The molecule has 1 rings (SSSR count). The predicted molar refractivity (Wildman–Crippen MR) is 29.7 cm³/mol. The SMILES string of the molecule is N=C1CCC(F)(F)CN1F. The lowest BCUT2D eigenvalue weighted by Crippen LogP contribution is -2.41. The van der Waals surface area contributed by atoms with Gasteiger partial charge in [0.05, 0.1) is 0 Å². The number of alkyl halides is 2. The quantitative estimate of drug-likeness (QED) is 0.524. The van der Waals surface area contributed by atoms with Gasteiger partial charge < -0.3 is 0 Å². The van der Waals surface area contributed by atoms with Crippen molar-refractivity contribution in [1.82, 2.24) is 5.12 Å². The highest BCUT2D eigenvalue weighted by Gasteiger charge is 2.37. The number of hydrogen-bond donors (Lipinski definition) is 1. The Labute approximate surface area is 56.1 Å². The van der Waals surface area contributed by atoms with Gasteiger partial charge in [-0.15, -0.1) is 0 Å². The van der Waals surface area contributed by atoms with E-state index in [-0.39, 0.29) is 17.4 Å². The largest absolute Gasteiger partial charge is 0.286 e. The van der Waals surface area contributed by atoms with Crippen LogP contribution >= 0.6 is 0 Å². The molecule has 0 aromatic heterocycles. The molecule has 0 radical (unpaired) electrons. The van der Waals surface area contributed by atoms with Gasteiger partial charge >= 0.3 is 0 Å². The molecule has 0 aliphatic carbocycles. The molecular weight excluding hydrogens is 145 g/mol. The highest BCUT2D eigenvalue weighted by Crippen LogP contribution is 2.27. The summed E-state index contributed by atoms with van der Waals surface area (Å²) in [5.74, 6) is -3.31. The number of piperidine rings is 1. The van der Waals surface area contributed by atoms with Gasteiger partial charge in [-0.25, -0.2) is 8.78 Å². The van der Waals surface area contributed by atoms with E-state index in [0.29, 0.717) is 0 Å². The maximum absolute atomic E-state index is 12.2. The van der Waals surface area contributed by atoms with Crippen molar-refractivity contribution in [2.24, 2.45) is 0 Å². The number of halogens is 3. The maximum Gasteiger partial charge on any atom is 0.268 e. The fourth-order valence-corrected chi connectivity index (χ4v) is 0.800. The summed E-state index contributed by atoms with van der Waals surface area (Å²) in [4.78, 5) is 0. The average Bonchev–Trinajstić information content (AvgIpc) is 1.79. The van der Waals surface area contributed by atoms with Crippen LogP contribution in [0.3, 0.4) is 0 Å². The van der Waals surface area contributed by atoms with Crippen LogP contribution in [0.1, 0.15) is 12.8 Å². The summed E-state index contributed by atoms with van der Waals surface area (Å²) in [5, 5.41) is 6.58. The normalized spacial score (nSPS) is 25.1. The minimum atomic E-state index is -2.96. The first-order valence-corrected chi connectivity index (χ1v) is 2.90. The van der Waals surface area contributed by atoms with Gasteiger partial charge in [0, 0.05) is 12.8 Å². The van der Waals surface area contributed by atoms with Crippen LogP contribution in [0.25, 0.3) is 0 Å². The topological polar surface area (TPSA) is 27.1 Å². The zero-order chi connectivity index (χ0) is 7.78. The van der Waals surface area contributed by atoms with E-state index in [0.717, 1.165) is 0 Å². The second-order valence-corrected chi connectivity index (χ2v) is 2.32. The van der Waals surface area contributed by atoms with E-state index >= 15 is 0 Å². The molecule has 0 unspecified atom stereocenters. The molecule has 1 aliphatic rings. The van der Waals surface area contributed by atoms with Crippen LogP contribution < -0.4 is 0 Å². The van der Waals surface area contributed by atoms with Gasteiger partial charge in [-0.05, 0) is 0 Å². The van der Waals surface area contributed by atoms with Gasteiger partial charge in [0.15, 0.2) is 0 Å². The van der Waals surface area contributed by atoms with Crippen LogP contribution in [-0.2, 0) is 0 Å². The summed E-state index contributed by atoms with van der Waals surface area (Å²) in [6, 6.07) is 0. The van der Waals surface area contributed by atoms with Crippen molar-refractivity contribution in [2.75, 3.05) is 6.54 Å². The van der Waals surface area contributed by atoms with Crippen LogP contribution in [0.5, 0.6) is 0 Å². The number of nitrogens with one attached hydrogen (secondary N) is 1. The van der Waals surface area contributed by atoms with E-state index in [2.05, 4.69) is 0 Å². The molecule has 1 saturated heterocycles. The molecule has 5 heteroatoms. The summed E-state index contributed by atoms with van der Waals surface area (Å²) in [7, 11) is 0. The second-order valence-electron chi connectivity index (χ2n) is 2.32. The lowest BCUT2D eigenvalue weighted by Gasteiger charge is -2.27. The molecule has 10 heavy (non-hydrogen) atoms. The van der Waals surface area contributed by atoms with Crippen molar-refractivity contribution >= 4 is 5.84 Å². The van der Waals surface area contributed by atoms with Gasteiger partial charge in [0.25, 0.3) is 5.92 Å². The second kappa shape index (κ2) is 2.14. The lowest BCUT2D eigenvalue weighted by molar-refractivity contribution is -0.0786. The smallest absolute Gasteiger partial charge is 0.268 e. The molecule has 1 heterocycles. The zero-order valence-electron chi connectivity index (χ0n) is 5.20. The van der Waals surface area contributed by atoms with E-state index in [1.54, 1.807) is 0 Å². The molecule has 0 spiro atoms. The van der Waals surface area contributed by atoms with Crippen molar-refractivity contribution in [1.29, 1.82) is 5.41 Å². The van der Waals surface area contributed by atoms with Crippen molar-refractivity contribution in [2.45, 2.75) is 18.8 Å². The number of amidine groups is 1. The van der Waals surface area contributed by atoms with Gasteiger partial charge in [0.2, 0.25) is 0 Å². The van der Waals surface area contributed by atoms with Crippen molar-refractivity contribution in [3.8, 4) is 0 Å². The van der Waals surface area contributed by atoms with Gasteiger partial charge in [0.1, 0.15) is 12.4 Å². The van der Waals surface area contributed by atoms with Crippen molar-refractivity contribution < 1.29 is 13.3 Å². The van der Waals surface area contributed by atoms with E-state index in [1.165, 1.54) is 0 Å². The molecule has 0 atom stereocenters. The van der Waals surface area contributed by atoms with E-state index in [4.69, 9.17) is 5.41 Å². The summed E-state index contributed by atoms with van der Waals surface area (Å²) >= 11 is 0. The third-order valence-corrected chi connectivity index (χ3v) is 1.39. The van der Waals surface area contributed by atoms with Gasteiger partial charge in [-0.3, -0.25) is 5.41 Å². The Morgan fingerprint density at radius 3 is 2.50 bits per heavy atom. The Balaban J connectivity index is 2.57. The third-order valence-electron chi connectivity index (χ3n) is 1.39. The molecule has 1 N–H and O–H groups in total. The minimum Gasteiger partial charge on any atom is -0.286 e. The molecule has 2 nitrogen and oxygen atoms in total. The Bertz CT molecular complexity index is 157. The Hall–Kier alpha value is -0.740. The maximum atomic E-state index is 12.2. The lowest BCUT2D eigenvalue weighted by atomic mass is 10.1. The Morgan fingerprint density at radius 2 is 2.10 bits per heavy atom. The van der Waals surface area contributed by atoms with Crippen molar-refractivity contribution in [3.63, 3.8) is 0 Å². The van der Waals surface area contributed by atoms with Crippen LogP contribution in [0.4, 0.5) is 13.3 Å². The highest BCUT2D eigenvalue weighted by atomic mass is 19.3. The first-order chi connectivity index (χ1) is 4.51. The van der Waals surface area contributed by atoms with E-state index < -0.39 is 18.9 Å². The van der Waals surface area contributed by atoms with Gasteiger partial charge in [-0.1, -0.05) is 4.48 Å². The Kier molecular flexibility index (Phi) is 1.58. The Morgan fingerprint density at radius 1 is 1.50 bits per heavy atom. The first-order valence-electron chi connectivity index (χ1n) is 2.90. The van der Waals surface area contributed by atoms with Crippen LogP contribution in [0.2, 0.25) is 0 Å². The van der Waals surface area contributed by atoms with Crippen LogP contribution in [0.15, 0.2) is 0 Å². The molecular formula is C5H7F3N2. The summed E-state index contributed by atoms with van der Waals surface area (Å²) in [6.45, 7) is -0.966. The minimum absolute atomic E-state index is 0.177. The number of hydrogen-bond acceptors (Lipinski definition) is 1.